The van der Waals surface area contributed by atoms with Gasteiger partial charge in [0, 0.05) is 16.9 Å². The van der Waals surface area contributed by atoms with Crippen LogP contribution in [0.4, 0.5) is 0 Å². The Balaban J connectivity index is 1.95. The first-order valence-electron chi connectivity index (χ1n) is 7.98. The van der Waals surface area contributed by atoms with Crippen LogP contribution in [0.3, 0.4) is 0 Å². The molecule has 0 N–H and O–H groups in total. The highest BCUT2D eigenvalue weighted by molar-refractivity contribution is 6.14. The molecule has 0 saturated heterocycles. The Morgan fingerprint density at radius 2 is 1.65 bits per heavy atom. The topological polar surface area (TPSA) is 38.1 Å². The lowest BCUT2D eigenvalue weighted by Gasteiger charge is -2.35. The van der Waals surface area contributed by atoms with Crippen LogP contribution in [0.2, 0.25) is 0 Å². The van der Waals surface area contributed by atoms with Gasteiger partial charge in [0.15, 0.2) is 0 Å². The van der Waals surface area contributed by atoms with Crippen LogP contribution in [-0.2, 0) is 0 Å². The first-order chi connectivity index (χ1) is 11.1. The number of rotatable bonds is 1. The van der Waals surface area contributed by atoms with Crippen molar-refractivity contribution in [1.29, 1.82) is 0 Å². The zero-order valence-electron chi connectivity index (χ0n) is 13.6. The molecule has 23 heavy (non-hydrogen) atoms. The van der Waals surface area contributed by atoms with E-state index in [2.05, 4.69) is 67.4 Å². The number of nitrogens with zero attached hydrogens (tertiary/aromatic N) is 3. The molecule has 1 atom stereocenters. The molecule has 0 radical (unpaired) electrons. The molecule has 2 heterocycles. The fourth-order valence-corrected chi connectivity index (χ4v) is 3.21. The Morgan fingerprint density at radius 1 is 0.913 bits per heavy atom. The van der Waals surface area contributed by atoms with E-state index < -0.39 is 0 Å². The van der Waals surface area contributed by atoms with Crippen molar-refractivity contribution >= 4 is 16.6 Å². The van der Waals surface area contributed by atoms with E-state index in [1.54, 1.807) is 0 Å². The highest BCUT2D eigenvalue weighted by Crippen LogP contribution is 2.38. The molecule has 0 amide bonds. The maximum atomic E-state index is 5.03. The SMILES string of the molecule is CC1c2ccccc2C(c2cc3ccccc3nn2)=NC1(C)C. The maximum absolute atomic E-state index is 5.03. The van der Waals surface area contributed by atoms with Gasteiger partial charge in [-0.05, 0) is 31.5 Å². The second kappa shape index (κ2) is 4.98. The highest BCUT2D eigenvalue weighted by atomic mass is 15.1. The first kappa shape index (κ1) is 14.1. The second-order valence-corrected chi connectivity index (χ2v) is 6.71. The first-order valence-corrected chi connectivity index (χ1v) is 7.98. The molecule has 0 bridgehead atoms. The fraction of sp³-hybridized carbons (Fsp3) is 0.250. The quantitative estimate of drug-likeness (QED) is 0.669. The smallest absolute Gasteiger partial charge is 0.112 e. The minimum atomic E-state index is -0.156. The normalized spacial score (nSPS) is 19.3. The van der Waals surface area contributed by atoms with Crippen molar-refractivity contribution in [2.75, 3.05) is 0 Å². The van der Waals surface area contributed by atoms with Crippen molar-refractivity contribution in [1.82, 2.24) is 10.2 Å². The monoisotopic (exact) mass is 301 g/mol. The van der Waals surface area contributed by atoms with E-state index in [-0.39, 0.29) is 5.54 Å². The van der Waals surface area contributed by atoms with E-state index in [9.17, 15) is 0 Å². The Morgan fingerprint density at radius 3 is 2.52 bits per heavy atom. The Labute approximate surface area is 136 Å². The van der Waals surface area contributed by atoms with Crippen LogP contribution in [0, 0.1) is 0 Å². The Hall–Kier alpha value is -2.55. The van der Waals surface area contributed by atoms with Gasteiger partial charge in [0.25, 0.3) is 0 Å². The number of aromatic nitrogens is 2. The van der Waals surface area contributed by atoms with Gasteiger partial charge >= 0.3 is 0 Å². The summed E-state index contributed by atoms with van der Waals surface area (Å²) in [6, 6.07) is 18.6. The van der Waals surface area contributed by atoms with Crippen LogP contribution >= 0.6 is 0 Å². The number of fused-ring (bicyclic) bond motifs is 2. The molecule has 3 aromatic rings. The van der Waals surface area contributed by atoms with Gasteiger partial charge in [0.1, 0.15) is 5.69 Å². The lowest BCUT2D eigenvalue weighted by atomic mass is 9.77. The minimum absolute atomic E-state index is 0.156. The van der Waals surface area contributed by atoms with Gasteiger partial charge in [-0.3, -0.25) is 4.99 Å². The molecule has 0 aliphatic carbocycles. The van der Waals surface area contributed by atoms with Crippen molar-refractivity contribution in [3.05, 3.63) is 71.4 Å². The van der Waals surface area contributed by atoms with Crippen LogP contribution in [-0.4, -0.2) is 21.4 Å². The van der Waals surface area contributed by atoms with Gasteiger partial charge in [-0.15, -0.1) is 10.2 Å². The summed E-state index contributed by atoms with van der Waals surface area (Å²) < 4.78 is 0. The summed E-state index contributed by atoms with van der Waals surface area (Å²) in [5.74, 6) is 0.371. The summed E-state index contributed by atoms with van der Waals surface area (Å²) in [7, 11) is 0. The zero-order valence-corrected chi connectivity index (χ0v) is 13.6. The average molecular weight is 301 g/mol. The van der Waals surface area contributed by atoms with Gasteiger partial charge in [-0.2, -0.15) is 0 Å². The Bertz CT molecular complexity index is 925. The summed E-state index contributed by atoms with van der Waals surface area (Å²) in [4.78, 5) is 5.03. The summed E-state index contributed by atoms with van der Waals surface area (Å²) in [5.41, 5.74) is 5.05. The molecular weight excluding hydrogens is 282 g/mol. The molecule has 1 aromatic heterocycles. The lowest BCUT2D eigenvalue weighted by molar-refractivity contribution is 0.432. The van der Waals surface area contributed by atoms with Crippen LogP contribution < -0.4 is 0 Å². The molecule has 0 fully saturated rings. The fourth-order valence-electron chi connectivity index (χ4n) is 3.21. The van der Waals surface area contributed by atoms with Gasteiger partial charge in [-0.25, -0.2) is 0 Å². The molecule has 0 saturated carbocycles. The lowest BCUT2D eigenvalue weighted by Crippen LogP contribution is -2.33. The van der Waals surface area contributed by atoms with Gasteiger partial charge in [0.05, 0.1) is 16.8 Å². The zero-order chi connectivity index (χ0) is 16.0. The average Bonchev–Trinajstić information content (AvgIpc) is 2.58. The van der Waals surface area contributed by atoms with Crippen LogP contribution in [0.1, 0.15) is 43.5 Å². The van der Waals surface area contributed by atoms with E-state index in [1.165, 1.54) is 11.1 Å². The molecule has 2 aromatic carbocycles. The molecule has 1 aliphatic heterocycles. The number of hydrogen-bond acceptors (Lipinski definition) is 3. The van der Waals surface area contributed by atoms with Crippen molar-refractivity contribution in [3.8, 4) is 0 Å². The molecule has 3 heteroatoms. The third kappa shape index (κ3) is 2.24. The van der Waals surface area contributed by atoms with Crippen molar-refractivity contribution in [2.45, 2.75) is 32.2 Å². The predicted octanol–water partition coefficient (Wildman–Crippen LogP) is 4.36. The van der Waals surface area contributed by atoms with E-state index in [0.717, 1.165) is 22.3 Å². The van der Waals surface area contributed by atoms with Crippen molar-refractivity contribution < 1.29 is 0 Å². The summed E-state index contributed by atoms with van der Waals surface area (Å²) >= 11 is 0. The summed E-state index contributed by atoms with van der Waals surface area (Å²) in [6.07, 6.45) is 0. The maximum Gasteiger partial charge on any atom is 0.112 e. The highest BCUT2D eigenvalue weighted by Gasteiger charge is 2.34. The van der Waals surface area contributed by atoms with E-state index in [4.69, 9.17) is 4.99 Å². The van der Waals surface area contributed by atoms with E-state index in [1.807, 2.05) is 18.2 Å². The molecule has 0 spiro atoms. The third-order valence-electron chi connectivity index (χ3n) is 4.88. The van der Waals surface area contributed by atoms with Gasteiger partial charge < -0.3 is 0 Å². The van der Waals surface area contributed by atoms with Crippen molar-refractivity contribution in [2.24, 2.45) is 4.99 Å². The second-order valence-electron chi connectivity index (χ2n) is 6.71. The predicted molar refractivity (Wildman–Crippen MR) is 94.1 cm³/mol. The standard InChI is InChI=1S/C20H19N3/c1-13-15-9-5-6-10-16(15)19(21-20(13,2)3)18-12-14-8-4-7-11-17(14)22-23-18/h4-13H,1-3H3. The van der Waals surface area contributed by atoms with E-state index >= 15 is 0 Å². The Kier molecular flexibility index (Phi) is 3.05. The van der Waals surface area contributed by atoms with Crippen LogP contribution in [0.15, 0.2) is 59.6 Å². The van der Waals surface area contributed by atoms with Crippen molar-refractivity contribution in [3.63, 3.8) is 0 Å². The molecule has 3 nitrogen and oxygen atoms in total. The third-order valence-corrected chi connectivity index (χ3v) is 4.88. The number of aliphatic imine (C=N–C) groups is 1. The number of benzene rings is 2. The largest absolute Gasteiger partial charge is 0.276 e. The van der Waals surface area contributed by atoms with Gasteiger partial charge in [0.2, 0.25) is 0 Å². The molecule has 1 unspecified atom stereocenters. The van der Waals surface area contributed by atoms with Crippen LogP contribution in [0.5, 0.6) is 0 Å². The van der Waals surface area contributed by atoms with Crippen LogP contribution in [0.25, 0.3) is 10.9 Å². The minimum Gasteiger partial charge on any atom is -0.276 e. The summed E-state index contributed by atoms with van der Waals surface area (Å²) in [5, 5.41) is 9.90. The molecule has 1 aliphatic rings. The summed E-state index contributed by atoms with van der Waals surface area (Å²) in [6.45, 7) is 6.61. The van der Waals surface area contributed by atoms with E-state index in [0.29, 0.717) is 5.92 Å². The number of hydrogen-bond donors (Lipinski definition) is 0. The van der Waals surface area contributed by atoms with Gasteiger partial charge in [-0.1, -0.05) is 49.4 Å². The molecule has 114 valence electrons. The molecule has 4 rings (SSSR count). The molecular formula is C20H19N3.